The van der Waals surface area contributed by atoms with Crippen LogP contribution in [0.15, 0.2) is 30.3 Å². The zero-order chi connectivity index (χ0) is 15.4. The summed E-state index contributed by atoms with van der Waals surface area (Å²) in [6, 6.07) is 9.12. The lowest BCUT2D eigenvalue weighted by Crippen LogP contribution is -2.38. The molecule has 4 nitrogen and oxygen atoms in total. The van der Waals surface area contributed by atoms with Crippen molar-refractivity contribution in [2.24, 2.45) is 0 Å². The maximum Gasteiger partial charge on any atom is 0.254 e. The van der Waals surface area contributed by atoms with Gasteiger partial charge >= 0.3 is 0 Å². The number of aromatic nitrogens is 1. The minimum Gasteiger partial charge on any atom is -0.396 e. The molecule has 112 valence electrons. The third-order valence-corrected chi connectivity index (χ3v) is 3.55. The molecule has 1 aromatic carbocycles. The molecule has 1 N–H and O–H groups in total. The van der Waals surface area contributed by atoms with Crippen molar-refractivity contribution in [2.45, 2.75) is 26.3 Å². The molecule has 0 aliphatic carbocycles. The first kappa shape index (κ1) is 15.7. The fourth-order valence-corrected chi connectivity index (χ4v) is 2.51. The van der Waals surface area contributed by atoms with E-state index in [9.17, 15) is 4.79 Å². The summed E-state index contributed by atoms with van der Waals surface area (Å²) in [6.07, 6.45) is 0.556. The van der Waals surface area contributed by atoms with Gasteiger partial charge in [0.2, 0.25) is 0 Å². The van der Waals surface area contributed by atoms with Gasteiger partial charge in [-0.05, 0) is 32.4 Å². The monoisotopic (exact) mass is 306 g/mol. The Balaban J connectivity index is 2.46. The van der Waals surface area contributed by atoms with E-state index in [0.29, 0.717) is 29.2 Å². The summed E-state index contributed by atoms with van der Waals surface area (Å²) in [4.78, 5) is 18.8. The summed E-state index contributed by atoms with van der Waals surface area (Å²) in [5.41, 5.74) is 1.26. The second kappa shape index (κ2) is 6.87. The number of rotatable bonds is 5. The van der Waals surface area contributed by atoms with Crippen LogP contribution in [0.4, 0.5) is 0 Å². The lowest BCUT2D eigenvalue weighted by Gasteiger charge is -2.27. The summed E-state index contributed by atoms with van der Waals surface area (Å²) in [6.45, 7) is 4.50. The Bertz CT molecular complexity index is 643. The molecular weight excluding hydrogens is 288 g/mol. The summed E-state index contributed by atoms with van der Waals surface area (Å²) < 4.78 is 0. The molecule has 0 fully saturated rings. The number of benzene rings is 1. The molecule has 0 unspecified atom stereocenters. The van der Waals surface area contributed by atoms with Crippen molar-refractivity contribution in [1.29, 1.82) is 0 Å². The molecule has 0 atom stereocenters. The lowest BCUT2D eigenvalue weighted by atomic mass is 10.1. The summed E-state index contributed by atoms with van der Waals surface area (Å²) >= 11 is 6.03. The van der Waals surface area contributed by atoms with Gasteiger partial charge in [0, 0.05) is 24.6 Å². The molecule has 0 spiro atoms. The van der Waals surface area contributed by atoms with Crippen LogP contribution in [-0.2, 0) is 0 Å². The van der Waals surface area contributed by atoms with Gasteiger partial charge in [0.15, 0.2) is 0 Å². The number of pyridine rings is 1. The fourth-order valence-electron chi connectivity index (χ4n) is 2.31. The first-order valence-electron chi connectivity index (χ1n) is 7.01. The highest BCUT2D eigenvalue weighted by molar-refractivity contribution is 6.30. The van der Waals surface area contributed by atoms with Crippen molar-refractivity contribution >= 4 is 28.4 Å². The fraction of sp³-hybridized carbons (Fsp3) is 0.375. The van der Waals surface area contributed by atoms with Gasteiger partial charge in [-0.15, -0.1) is 0 Å². The maximum atomic E-state index is 12.8. The van der Waals surface area contributed by atoms with Gasteiger partial charge < -0.3 is 10.0 Å². The number of aliphatic hydroxyl groups is 1. The van der Waals surface area contributed by atoms with Crippen molar-refractivity contribution in [1.82, 2.24) is 9.88 Å². The lowest BCUT2D eigenvalue weighted by molar-refractivity contribution is 0.0695. The average Bonchev–Trinajstić information content (AvgIpc) is 2.46. The molecule has 0 bridgehead atoms. The van der Waals surface area contributed by atoms with Crippen molar-refractivity contribution in [3.8, 4) is 0 Å². The average molecular weight is 307 g/mol. The summed E-state index contributed by atoms with van der Waals surface area (Å²) in [5, 5.41) is 10.1. The van der Waals surface area contributed by atoms with Crippen molar-refractivity contribution in [3.05, 3.63) is 41.0 Å². The van der Waals surface area contributed by atoms with E-state index in [-0.39, 0.29) is 18.6 Å². The van der Waals surface area contributed by atoms with E-state index in [1.807, 2.05) is 38.1 Å². The highest BCUT2D eigenvalue weighted by Crippen LogP contribution is 2.23. The van der Waals surface area contributed by atoms with E-state index < -0.39 is 0 Å². The molecule has 1 amide bonds. The molecule has 5 heteroatoms. The Morgan fingerprint density at radius 1 is 1.38 bits per heavy atom. The topological polar surface area (TPSA) is 53.4 Å². The Kier molecular flexibility index (Phi) is 5.15. The Morgan fingerprint density at radius 3 is 2.76 bits per heavy atom. The highest BCUT2D eigenvalue weighted by atomic mass is 35.5. The normalized spacial score (nSPS) is 11.1. The number of para-hydroxylation sites is 1. The van der Waals surface area contributed by atoms with Gasteiger partial charge in [-0.1, -0.05) is 29.8 Å². The predicted molar refractivity (Wildman–Crippen MR) is 84.6 cm³/mol. The van der Waals surface area contributed by atoms with Crippen LogP contribution in [0.1, 0.15) is 30.6 Å². The quantitative estimate of drug-likeness (QED) is 0.864. The molecule has 0 saturated heterocycles. The van der Waals surface area contributed by atoms with Crippen LogP contribution in [0.3, 0.4) is 0 Å². The van der Waals surface area contributed by atoms with E-state index in [1.165, 1.54) is 0 Å². The number of amides is 1. The first-order chi connectivity index (χ1) is 10.0. The Morgan fingerprint density at radius 2 is 2.10 bits per heavy atom. The SMILES string of the molecule is CC(C)N(CCCO)C(=O)c1cc(Cl)nc2ccccc12. The molecule has 1 heterocycles. The molecule has 0 aliphatic heterocycles. The summed E-state index contributed by atoms with van der Waals surface area (Å²) in [5.74, 6) is -0.0843. The van der Waals surface area contributed by atoms with Crippen LogP contribution in [0.25, 0.3) is 10.9 Å². The van der Waals surface area contributed by atoms with Crippen molar-refractivity contribution in [2.75, 3.05) is 13.2 Å². The van der Waals surface area contributed by atoms with Gasteiger partial charge in [0.25, 0.3) is 5.91 Å². The number of halogens is 1. The van der Waals surface area contributed by atoms with Crippen LogP contribution in [0, 0.1) is 0 Å². The minimum absolute atomic E-state index is 0.0507. The van der Waals surface area contributed by atoms with E-state index in [4.69, 9.17) is 16.7 Å². The summed E-state index contributed by atoms with van der Waals surface area (Å²) in [7, 11) is 0. The number of hydrogen-bond acceptors (Lipinski definition) is 3. The largest absolute Gasteiger partial charge is 0.396 e. The maximum absolute atomic E-state index is 12.8. The standard InChI is InChI=1S/C16H19ClN2O2/c1-11(2)19(8-5-9-20)16(21)13-10-15(17)18-14-7-4-3-6-12(13)14/h3-4,6-7,10-11,20H,5,8-9H2,1-2H3. The molecule has 1 aromatic heterocycles. The van der Waals surface area contributed by atoms with Crippen molar-refractivity contribution < 1.29 is 9.90 Å². The minimum atomic E-state index is -0.0843. The molecular formula is C16H19ClN2O2. The molecule has 0 radical (unpaired) electrons. The Labute approximate surface area is 129 Å². The molecule has 0 saturated carbocycles. The smallest absolute Gasteiger partial charge is 0.254 e. The van der Waals surface area contributed by atoms with Crippen LogP contribution in [0.2, 0.25) is 5.15 Å². The number of hydrogen-bond donors (Lipinski definition) is 1. The van der Waals surface area contributed by atoms with Gasteiger partial charge in [0.1, 0.15) is 5.15 Å². The van der Waals surface area contributed by atoms with E-state index in [1.54, 1.807) is 11.0 Å². The second-order valence-corrected chi connectivity index (χ2v) is 5.57. The number of carbonyl (C=O) groups is 1. The third kappa shape index (κ3) is 3.52. The van der Waals surface area contributed by atoms with Crippen LogP contribution in [0.5, 0.6) is 0 Å². The number of fused-ring (bicyclic) bond motifs is 1. The Hall–Kier alpha value is -1.65. The first-order valence-corrected chi connectivity index (χ1v) is 7.39. The zero-order valence-electron chi connectivity index (χ0n) is 12.2. The van der Waals surface area contributed by atoms with E-state index in [0.717, 1.165) is 5.39 Å². The van der Waals surface area contributed by atoms with Crippen LogP contribution < -0.4 is 0 Å². The second-order valence-electron chi connectivity index (χ2n) is 5.18. The predicted octanol–water partition coefficient (Wildman–Crippen LogP) is 3.12. The number of nitrogens with zero attached hydrogens (tertiary/aromatic N) is 2. The van der Waals surface area contributed by atoms with Gasteiger partial charge in [-0.3, -0.25) is 4.79 Å². The molecule has 2 rings (SSSR count). The van der Waals surface area contributed by atoms with Gasteiger partial charge in [-0.2, -0.15) is 0 Å². The van der Waals surface area contributed by atoms with Gasteiger partial charge in [0.05, 0.1) is 11.1 Å². The molecule has 0 aliphatic rings. The van der Waals surface area contributed by atoms with Crippen molar-refractivity contribution in [3.63, 3.8) is 0 Å². The third-order valence-electron chi connectivity index (χ3n) is 3.36. The molecule has 2 aromatic rings. The van der Waals surface area contributed by atoms with E-state index >= 15 is 0 Å². The van der Waals surface area contributed by atoms with Crippen LogP contribution >= 0.6 is 11.6 Å². The highest BCUT2D eigenvalue weighted by Gasteiger charge is 2.21. The molecule has 21 heavy (non-hydrogen) atoms. The van der Waals surface area contributed by atoms with Gasteiger partial charge in [-0.25, -0.2) is 4.98 Å². The van der Waals surface area contributed by atoms with E-state index in [2.05, 4.69) is 4.98 Å². The number of carbonyl (C=O) groups excluding carboxylic acids is 1. The zero-order valence-corrected chi connectivity index (χ0v) is 13.0. The van der Waals surface area contributed by atoms with Crippen LogP contribution in [-0.4, -0.2) is 40.1 Å². The number of aliphatic hydroxyl groups excluding tert-OH is 1.